The zero-order valence-electron chi connectivity index (χ0n) is 20.1. The largest absolute Gasteiger partial charge is 0.366 e. The predicted molar refractivity (Wildman–Crippen MR) is 137 cm³/mol. The van der Waals surface area contributed by atoms with E-state index in [1.165, 1.54) is 30.3 Å². The summed E-state index contributed by atoms with van der Waals surface area (Å²) in [6, 6.07) is 14.2. The quantitative estimate of drug-likeness (QED) is 0.209. The highest BCUT2D eigenvalue weighted by atomic mass is 19.1. The molecule has 184 valence electrons. The Morgan fingerprint density at radius 3 is 2.44 bits per heavy atom. The lowest BCUT2D eigenvalue weighted by Crippen LogP contribution is -2.30. The van der Waals surface area contributed by atoms with E-state index in [4.69, 9.17) is 0 Å². The van der Waals surface area contributed by atoms with E-state index in [1.54, 1.807) is 12.1 Å². The number of halogens is 1. The predicted octanol–water partition coefficient (Wildman–Crippen LogP) is 5.68. The van der Waals surface area contributed by atoms with Gasteiger partial charge in [0.05, 0.1) is 10.6 Å². The molecule has 0 unspecified atom stereocenters. The minimum Gasteiger partial charge on any atom is -0.366 e. The first-order valence-corrected chi connectivity index (χ1v) is 11.7. The van der Waals surface area contributed by atoms with E-state index >= 15 is 0 Å². The number of carbonyl (C=O) groups excluding carboxylic acids is 1. The summed E-state index contributed by atoms with van der Waals surface area (Å²) in [5.74, 6) is -1.05. The number of benzene rings is 2. The van der Waals surface area contributed by atoms with E-state index in [2.05, 4.69) is 10.2 Å². The normalized spacial score (nSPS) is 13.8. The van der Waals surface area contributed by atoms with Gasteiger partial charge < -0.3 is 14.8 Å². The van der Waals surface area contributed by atoms with Gasteiger partial charge in [0, 0.05) is 36.2 Å². The molecule has 0 bridgehead atoms. The molecular weight excluding hydrogens is 461 g/mol. The number of nitrogens with zero attached hydrogens (tertiary/aromatic N) is 4. The second-order valence-electron chi connectivity index (χ2n) is 8.77. The highest BCUT2D eigenvalue weighted by Gasteiger charge is 2.23. The van der Waals surface area contributed by atoms with Crippen LogP contribution in [0.1, 0.15) is 36.2 Å². The molecule has 3 aromatic rings. The number of aryl methyl sites for hydroxylation is 1. The molecule has 36 heavy (non-hydrogen) atoms. The molecule has 2 heterocycles. The van der Waals surface area contributed by atoms with Crippen molar-refractivity contribution in [1.29, 1.82) is 5.26 Å². The molecule has 9 heteroatoms. The van der Waals surface area contributed by atoms with Crippen molar-refractivity contribution in [3.8, 4) is 11.8 Å². The van der Waals surface area contributed by atoms with E-state index in [0.717, 1.165) is 43.7 Å². The summed E-state index contributed by atoms with van der Waals surface area (Å²) in [6.07, 6.45) is 4.64. The van der Waals surface area contributed by atoms with E-state index in [-0.39, 0.29) is 16.2 Å². The molecule has 1 fully saturated rings. The summed E-state index contributed by atoms with van der Waals surface area (Å²) in [7, 11) is 0. The van der Waals surface area contributed by atoms with Crippen molar-refractivity contribution in [2.45, 2.75) is 33.1 Å². The number of piperidine rings is 1. The number of nitro benzene ring substituents is 1. The highest BCUT2D eigenvalue weighted by Crippen LogP contribution is 2.34. The molecule has 1 saturated heterocycles. The summed E-state index contributed by atoms with van der Waals surface area (Å²) in [6.45, 7) is 5.29. The Morgan fingerprint density at radius 2 is 1.81 bits per heavy atom. The zero-order valence-corrected chi connectivity index (χ0v) is 20.1. The van der Waals surface area contributed by atoms with Crippen molar-refractivity contribution < 1.29 is 14.1 Å². The van der Waals surface area contributed by atoms with Gasteiger partial charge in [-0.1, -0.05) is 0 Å². The van der Waals surface area contributed by atoms with Crippen molar-refractivity contribution in [3.05, 3.63) is 87.0 Å². The van der Waals surface area contributed by atoms with Crippen LogP contribution in [0.3, 0.4) is 0 Å². The summed E-state index contributed by atoms with van der Waals surface area (Å²) >= 11 is 0. The highest BCUT2D eigenvalue weighted by molar-refractivity contribution is 6.09. The van der Waals surface area contributed by atoms with Crippen LogP contribution in [0.25, 0.3) is 11.8 Å². The van der Waals surface area contributed by atoms with Crippen LogP contribution in [0, 0.1) is 41.1 Å². The third-order valence-electron chi connectivity index (χ3n) is 6.35. The Hall–Kier alpha value is -4.45. The number of nitriles is 1. The van der Waals surface area contributed by atoms with E-state index < -0.39 is 11.7 Å². The van der Waals surface area contributed by atoms with Gasteiger partial charge in [0.2, 0.25) is 0 Å². The number of carbonyl (C=O) groups is 1. The zero-order chi connectivity index (χ0) is 25.8. The second-order valence-corrected chi connectivity index (χ2v) is 8.77. The maximum absolute atomic E-state index is 13.1. The van der Waals surface area contributed by atoms with Gasteiger partial charge >= 0.3 is 0 Å². The second kappa shape index (κ2) is 10.4. The molecule has 1 amide bonds. The van der Waals surface area contributed by atoms with Crippen molar-refractivity contribution in [3.63, 3.8) is 0 Å². The molecule has 0 saturated carbocycles. The van der Waals surface area contributed by atoms with E-state index in [0.29, 0.717) is 22.6 Å². The molecule has 1 aliphatic rings. The first-order chi connectivity index (χ1) is 17.3. The molecule has 1 N–H and O–H groups in total. The molecule has 2 aromatic carbocycles. The molecular formula is C27H26FN5O3. The lowest BCUT2D eigenvalue weighted by atomic mass is 10.1. The van der Waals surface area contributed by atoms with Gasteiger partial charge in [0.15, 0.2) is 0 Å². The fraction of sp³-hybridized carbons (Fsp3) is 0.259. The minimum atomic E-state index is -0.615. The third kappa shape index (κ3) is 5.13. The van der Waals surface area contributed by atoms with Crippen LogP contribution in [0.4, 0.5) is 21.5 Å². The molecule has 4 rings (SSSR count). The maximum atomic E-state index is 13.1. The number of nitrogens with one attached hydrogen (secondary N) is 1. The summed E-state index contributed by atoms with van der Waals surface area (Å²) in [4.78, 5) is 26.3. The summed E-state index contributed by atoms with van der Waals surface area (Å²) < 4.78 is 15.0. The Kier molecular flexibility index (Phi) is 7.15. The van der Waals surface area contributed by atoms with Crippen LogP contribution in [0.2, 0.25) is 0 Å². The SMILES string of the molecule is Cc1cc(C=C(C#N)C(=O)Nc2ccc(F)cc2)c(C)n1-c1ccc(N2CCCCC2)c([N+](=O)[O-])c1. The number of anilines is 2. The van der Waals surface area contributed by atoms with Gasteiger partial charge in [-0.2, -0.15) is 5.26 Å². The Morgan fingerprint density at radius 1 is 1.11 bits per heavy atom. The van der Waals surface area contributed by atoms with Crippen molar-refractivity contribution >= 4 is 29.0 Å². The molecule has 8 nitrogen and oxygen atoms in total. The van der Waals surface area contributed by atoms with Crippen LogP contribution < -0.4 is 10.2 Å². The number of amides is 1. The van der Waals surface area contributed by atoms with Gasteiger partial charge in [0.25, 0.3) is 11.6 Å². The molecule has 0 radical (unpaired) electrons. The standard InChI is InChI=1S/C27H26FN5O3/c1-18-14-20(15-21(17-29)27(34)30-23-8-6-22(28)7-9-23)19(2)32(18)24-10-11-25(26(16-24)33(35)36)31-12-4-3-5-13-31/h6-11,14-16H,3-5,12-13H2,1-2H3,(H,30,34). The first-order valence-electron chi connectivity index (χ1n) is 11.7. The molecule has 0 spiro atoms. The summed E-state index contributed by atoms with van der Waals surface area (Å²) in [5, 5.41) is 24.1. The number of rotatable bonds is 6. The number of hydrogen-bond acceptors (Lipinski definition) is 5. The molecule has 0 aliphatic carbocycles. The van der Waals surface area contributed by atoms with Gasteiger partial charge in [-0.25, -0.2) is 4.39 Å². The van der Waals surface area contributed by atoms with Crippen LogP contribution >= 0.6 is 0 Å². The van der Waals surface area contributed by atoms with Gasteiger partial charge in [0.1, 0.15) is 23.1 Å². The fourth-order valence-corrected chi connectivity index (χ4v) is 4.57. The van der Waals surface area contributed by atoms with Crippen molar-refractivity contribution in [2.75, 3.05) is 23.3 Å². The summed E-state index contributed by atoms with van der Waals surface area (Å²) in [5.41, 5.74) is 3.73. The number of aromatic nitrogens is 1. The molecule has 1 aliphatic heterocycles. The monoisotopic (exact) mass is 487 g/mol. The van der Waals surface area contributed by atoms with Gasteiger partial charge in [-0.3, -0.25) is 14.9 Å². The smallest absolute Gasteiger partial charge is 0.294 e. The van der Waals surface area contributed by atoms with E-state index in [9.17, 15) is 24.6 Å². The maximum Gasteiger partial charge on any atom is 0.294 e. The first kappa shape index (κ1) is 24.7. The van der Waals surface area contributed by atoms with Gasteiger partial charge in [-0.15, -0.1) is 0 Å². The lowest BCUT2D eigenvalue weighted by Gasteiger charge is -2.28. The topological polar surface area (TPSA) is 104 Å². The van der Waals surface area contributed by atoms with Gasteiger partial charge in [-0.05, 0) is 87.2 Å². The average Bonchev–Trinajstić information content (AvgIpc) is 3.16. The van der Waals surface area contributed by atoms with E-state index in [1.807, 2.05) is 36.6 Å². The number of nitro groups is 1. The number of hydrogen-bond donors (Lipinski definition) is 1. The lowest BCUT2D eigenvalue weighted by molar-refractivity contribution is -0.384. The van der Waals surface area contributed by atoms with Crippen LogP contribution in [-0.4, -0.2) is 28.5 Å². The Bertz CT molecular complexity index is 1380. The van der Waals surface area contributed by atoms with Crippen LogP contribution in [0.5, 0.6) is 0 Å². The molecule has 0 atom stereocenters. The van der Waals surface area contributed by atoms with Crippen LogP contribution in [0.15, 0.2) is 54.1 Å². The third-order valence-corrected chi connectivity index (χ3v) is 6.35. The average molecular weight is 488 g/mol. The Labute approximate surface area is 208 Å². The van der Waals surface area contributed by atoms with Crippen molar-refractivity contribution in [2.24, 2.45) is 0 Å². The Balaban J connectivity index is 1.66. The fourth-order valence-electron chi connectivity index (χ4n) is 4.57. The van der Waals surface area contributed by atoms with Crippen molar-refractivity contribution in [1.82, 2.24) is 4.57 Å². The van der Waals surface area contributed by atoms with Crippen LogP contribution in [-0.2, 0) is 4.79 Å². The molecule has 1 aromatic heterocycles. The minimum absolute atomic E-state index is 0.0513.